The number of benzene rings is 1. The summed E-state index contributed by atoms with van der Waals surface area (Å²) in [6.45, 7) is 2.05. The SMILES string of the molecule is CCONC(=O)C[C@@H](Cc1ccccc1)C(=O)c1ncc(C[C@@H](N)C(=O)O)[nH]1. The molecule has 0 aliphatic rings. The van der Waals surface area contributed by atoms with E-state index < -0.39 is 23.8 Å². The van der Waals surface area contributed by atoms with Gasteiger partial charge in [-0.3, -0.25) is 19.2 Å². The highest BCUT2D eigenvalue weighted by Crippen LogP contribution is 2.17. The summed E-state index contributed by atoms with van der Waals surface area (Å²) in [5.74, 6) is -2.48. The summed E-state index contributed by atoms with van der Waals surface area (Å²) in [5, 5.41) is 8.90. The fourth-order valence-electron chi connectivity index (χ4n) is 2.68. The Morgan fingerprint density at radius 3 is 2.61 bits per heavy atom. The van der Waals surface area contributed by atoms with E-state index in [-0.39, 0.29) is 24.4 Å². The number of carboxylic acids is 1. The summed E-state index contributed by atoms with van der Waals surface area (Å²) in [5.41, 5.74) is 9.15. The molecule has 28 heavy (non-hydrogen) atoms. The van der Waals surface area contributed by atoms with Crippen molar-refractivity contribution in [3.63, 3.8) is 0 Å². The molecule has 0 radical (unpaired) electrons. The standard InChI is InChI=1S/C19H24N4O5/c1-2-28-23-16(24)9-13(8-12-6-4-3-5-7-12)17(25)18-21-11-14(22-18)10-15(20)19(26)27/h3-7,11,13,15H,2,8-10,20H2,1H3,(H,21,22)(H,23,24)(H,26,27)/t13-,15-/m1/s1. The number of aliphatic carboxylic acids is 1. The van der Waals surface area contributed by atoms with E-state index in [2.05, 4.69) is 15.4 Å². The van der Waals surface area contributed by atoms with E-state index in [4.69, 9.17) is 15.7 Å². The van der Waals surface area contributed by atoms with Crippen LogP contribution in [-0.4, -0.2) is 45.4 Å². The van der Waals surface area contributed by atoms with E-state index in [1.54, 1.807) is 6.92 Å². The molecule has 9 heteroatoms. The number of carbonyl (C=O) groups is 3. The molecule has 1 heterocycles. The highest BCUT2D eigenvalue weighted by molar-refractivity contribution is 5.97. The van der Waals surface area contributed by atoms with Gasteiger partial charge in [0.1, 0.15) is 6.04 Å². The number of carboxylic acid groups (broad SMARTS) is 1. The Labute approximate surface area is 162 Å². The molecular weight excluding hydrogens is 364 g/mol. The largest absolute Gasteiger partial charge is 0.480 e. The lowest BCUT2D eigenvalue weighted by atomic mass is 9.91. The number of nitrogens with two attached hydrogens (primary N) is 1. The van der Waals surface area contributed by atoms with Gasteiger partial charge in [-0.15, -0.1) is 0 Å². The minimum Gasteiger partial charge on any atom is -0.480 e. The lowest BCUT2D eigenvalue weighted by Crippen LogP contribution is -2.32. The second-order valence-electron chi connectivity index (χ2n) is 6.32. The third-order valence-electron chi connectivity index (χ3n) is 4.08. The predicted octanol–water partition coefficient (Wildman–Crippen LogP) is 0.864. The summed E-state index contributed by atoms with van der Waals surface area (Å²) in [6, 6.07) is 8.23. The fraction of sp³-hybridized carbons (Fsp3) is 0.368. The van der Waals surface area contributed by atoms with Crippen molar-refractivity contribution in [3.8, 4) is 0 Å². The van der Waals surface area contributed by atoms with Gasteiger partial charge in [0.25, 0.3) is 0 Å². The average molecular weight is 388 g/mol. The Balaban J connectivity index is 2.14. The Kier molecular flexibility index (Phi) is 7.85. The zero-order valence-electron chi connectivity index (χ0n) is 15.6. The van der Waals surface area contributed by atoms with E-state index in [1.165, 1.54) is 6.20 Å². The molecule has 0 aliphatic carbocycles. The van der Waals surface area contributed by atoms with Crippen molar-refractivity contribution in [1.29, 1.82) is 0 Å². The van der Waals surface area contributed by atoms with Gasteiger partial charge in [0.15, 0.2) is 5.82 Å². The zero-order chi connectivity index (χ0) is 20.5. The van der Waals surface area contributed by atoms with Gasteiger partial charge in [-0.25, -0.2) is 10.5 Å². The summed E-state index contributed by atoms with van der Waals surface area (Å²) in [7, 11) is 0. The van der Waals surface area contributed by atoms with Crippen LogP contribution in [0, 0.1) is 5.92 Å². The number of Topliss-reactive ketones (excluding diaryl/α,β-unsaturated/α-hetero) is 1. The van der Waals surface area contributed by atoms with E-state index in [0.717, 1.165) is 5.56 Å². The van der Waals surface area contributed by atoms with Crippen LogP contribution in [0.25, 0.3) is 0 Å². The number of hydroxylamine groups is 1. The molecular formula is C19H24N4O5. The van der Waals surface area contributed by atoms with Crippen molar-refractivity contribution in [3.05, 3.63) is 53.6 Å². The number of nitrogens with zero attached hydrogens (tertiary/aromatic N) is 1. The van der Waals surface area contributed by atoms with Gasteiger partial charge < -0.3 is 15.8 Å². The third-order valence-corrected chi connectivity index (χ3v) is 4.08. The minimum absolute atomic E-state index is 0.0177. The van der Waals surface area contributed by atoms with Crippen LogP contribution in [0.2, 0.25) is 0 Å². The number of carbonyl (C=O) groups excluding carboxylic acids is 2. The lowest BCUT2D eigenvalue weighted by Gasteiger charge is -2.14. The molecule has 0 bridgehead atoms. The molecule has 0 saturated carbocycles. The normalized spacial score (nSPS) is 12.9. The molecule has 1 amide bonds. The second kappa shape index (κ2) is 10.3. The van der Waals surface area contributed by atoms with E-state index in [1.807, 2.05) is 30.3 Å². The molecule has 2 rings (SSSR count). The number of imidazole rings is 1. The van der Waals surface area contributed by atoms with Crippen LogP contribution in [0.15, 0.2) is 36.5 Å². The maximum atomic E-state index is 12.9. The predicted molar refractivity (Wildman–Crippen MR) is 100 cm³/mol. The number of aromatic amines is 1. The number of rotatable bonds is 11. The first-order chi connectivity index (χ1) is 13.4. The minimum atomic E-state index is -1.14. The number of ketones is 1. The summed E-state index contributed by atoms with van der Waals surface area (Å²) >= 11 is 0. The number of H-pyrrole nitrogens is 1. The third kappa shape index (κ3) is 6.29. The molecule has 2 aromatic rings. The van der Waals surface area contributed by atoms with Gasteiger partial charge in [0, 0.05) is 30.7 Å². The molecule has 9 nitrogen and oxygen atoms in total. The summed E-state index contributed by atoms with van der Waals surface area (Å²) in [4.78, 5) is 47.6. The topological polar surface area (TPSA) is 147 Å². The Morgan fingerprint density at radius 1 is 1.25 bits per heavy atom. The van der Waals surface area contributed by atoms with Crippen LogP contribution < -0.4 is 11.2 Å². The second-order valence-corrected chi connectivity index (χ2v) is 6.32. The summed E-state index contributed by atoms with van der Waals surface area (Å²) < 4.78 is 0. The zero-order valence-corrected chi connectivity index (χ0v) is 15.6. The van der Waals surface area contributed by atoms with Gasteiger partial charge in [-0.05, 0) is 18.9 Å². The van der Waals surface area contributed by atoms with E-state index in [9.17, 15) is 14.4 Å². The first-order valence-electron chi connectivity index (χ1n) is 8.91. The van der Waals surface area contributed by atoms with Crippen molar-refractivity contribution in [2.75, 3.05) is 6.61 Å². The van der Waals surface area contributed by atoms with Crippen LogP contribution in [0.5, 0.6) is 0 Å². The lowest BCUT2D eigenvalue weighted by molar-refractivity contribution is -0.138. The quantitative estimate of drug-likeness (QED) is 0.330. The van der Waals surface area contributed by atoms with E-state index in [0.29, 0.717) is 18.7 Å². The maximum Gasteiger partial charge on any atom is 0.320 e. The van der Waals surface area contributed by atoms with E-state index >= 15 is 0 Å². The number of hydrogen-bond donors (Lipinski definition) is 4. The van der Waals surface area contributed by atoms with Crippen molar-refractivity contribution in [2.24, 2.45) is 11.7 Å². The van der Waals surface area contributed by atoms with Crippen molar-refractivity contribution in [2.45, 2.75) is 32.2 Å². The van der Waals surface area contributed by atoms with Gasteiger partial charge in [-0.2, -0.15) is 0 Å². The molecule has 0 unspecified atom stereocenters. The summed E-state index contributed by atoms with van der Waals surface area (Å²) in [6.07, 6.45) is 1.68. The monoisotopic (exact) mass is 388 g/mol. The van der Waals surface area contributed by atoms with Crippen molar-refractivity contribution >= 4 is 17.7 Å². The molecule has 0 fully saturated rings. The Bertz CT molecular complexity index is 806. The molecule has 0 saturated heterocycles. The van der Waals surface area contributed by atoms with Crippen LogP contribution in [0.1, 0.15) is 35.2 Å². The first-order valence-corrected chi connectivity index (χ1v) is 8.91. The van der Waals surface area contributed by atoms with Crippen LogP contribution in [-0.2, 0) is 27.3 Å². The van der Waals surface area contributed by atoms with Crippen molar-refractivity contribution < 1.29 is 24.3 Å². The first kappa shape index (κ1) is 21.3. The van der Waals surface area contributed by atoms with Crippen molar-refractivity contribution in [1.82, 2.24) is 15.4 Å². The van der Waals surface area contributed by atoms with Crippen LogP contribution in [0.4, 0.5) is 0 Å². The van der Waals surface area contributed by atoms with Crippen LogP contribution >= 0.6 is 0 Å². The number of nitrogens with one attached hydrogen (secondary N) is 2. The van der Waals surface area contributed by atoms with Gasteiger partial charge in [0.05, 0.1) is 6.61 Å². The number of amides is 1. The molecule has 1 aromatic carbocycles. The molecule has 1 aromatic heterocycles. The number of hydrogen-bond acceptors (Lipinski definition) is 6. The van der Waals surface area contributed by atoms with Crippen LogP contribution in [0.3, 0.4) is 0 Å². The Morgan fingerprint density at radius 2 is 1.96 bits per heavy atom. The molecule has 0 spiro atoms. The van der Waals surface area contributed by atoms with Gasteiger partial charge in [-0.1, -0.05) is 30.3 Å². The maximum absolute atomic E-state index is 12.9. The fourth-order valence-corrected chi connectivity index (χ4v) is 2.68. The highest BCUT2D eigenvalue weighted by atomic mass is 16.6. The van der Waals surface area contributed by atoms with Gasteiger partial charge >= 0.3 is 5.97 Å². The molecule has 5 N–H and O–H groups in total. The smallest absolute Gasteiger partial charge is 0.320 e. The molecule has 0 aliphatic heterocycles. The molecule has 150 valence electrons. The highest BCUT2D eigenvalue weighted by Gasteiger charge is 2.26. The molecule has 2 atom stereocenters. The Hall–Kier alpha value is -3.04. The average Bonchev–Trinajstić information content (AvgIpc) is 3.14. The number of aromatic nitrogens is 2. The van der Waals surface area contributed by atoms with Gasteiger partial charge in [0.2, 0.25) is 11.7 Å².